The van der Waals surface area contributed by atoms with E-state index in [1.165, 1.54) is 19.3 Å². The van der Waals surface area contributed by atoms with Crippen molar-refractivity contribution < 1.29 is 18.9 Å². The van der Waals surface area contributed by atoms with Crippen molar-refractivity contribution in [3.8, 4) is 11.8 Å². The van der Waals surface area contributed by atoms with Gasteiger partial charge in [-0.05, 0) is 79.1 Å². The molecule has 0 N–H and O–H groups in total. The average Bonchev–Trinajstić information content (AvgIpc) is 3.26. The van der Waals surface area contributed by atoms with Crippen molar-refractivity contribution in [2.24, 2.45) is 16.2 Å². The van der Waals surface area contributed by atoms with Crippen LogP contribution in [0.5, 0.6) is 0 Å². The Kier molecular flexibility index (Phi) is 4.95. The van der Waals surface area contributed by atoms with Crippen LogP contribution in [0.3, 0.4) is 0 Å². The van der Waals surface area contributed by atoms with E-state index >= 15 is 0 Å². The van der Waals surface area contributed by atoms with Gasteiger partial charge in [-0.1, -0.05) is 11.8 Å². The van der Waals surface area contributed by atoms with Crippen molar-refractivity contribution >= 4 is 0 Å². The maximum atomic E-state index is 6.24. The van der Waals surface area contributed by atoms with E-state index in [1.807, 2.05) is 0 Å². The first kappa shape index (κ1) is 20.7. The zero-order valence-corrected chi connectivity index (χ0v) is 18.7. The van der Waals surface area contributed by atoms with Gasteiger partial charge in [0.15, 0.2) is 0 Å². The van der Waals surface area contributed by atoms with Gasteiger partial charge in [-0.2, -0.15) is 0 Å². The zero-order chi connectivity index (χ0) is 20.3. The topological polar surface area (TPSA) is 36.9 Å². The Morgan fingerprint density at radius 1 is 0.893 bits per heavy atom. The molecule has 0 amide bonds. The summed E-state index contributed by atoms with van der Waals surface area (Å²) in [4.78, 5) is 0. The second-order valence-electron chi connectivity index (χ2n) is 11.5. The molecule has 0 radical (unpaired) electrons. The van der Waals surface area contributed by atoms with Crippen molar-refractivity contribution in [1.82, 2.24) is 0 Å². The highest BCUT2D eigenvalue weighted by atomic mass is 16.5. The minimum absolute atomic E-state index is 0.0432. The number of rotatable bonds is 8. The molecule has 4 heteroatoms. The van der Waals surface area contributed by atoms with Crippen LogP contribution in [0, 0.1) is 28.1 Å². The molecule has 28 heavy (non-hydrogen) atoms. The molecule has 0 saturated heterocycles. The Hall–Kier alpha value is -0.600. The second-order valence-corrected chi connectivity index (χ2v) is 11.5. The lowest BCUT2D eigenvalue weighted by atomic mass is 9.75. The molecule has 0 aromatic heterocycles. The van der Waals surface area contributed by atoms with Gasteiger partial charge in [0.25, 0.3) is 0 Å². The maximum Gasteiger partial charge on any atom is 0.107 e. The lowest BCUT2D eigenvalue weighted by molar-refractivity contribution is -0.156. The van der Waals surface area contributed by atoms with Crippen molar-refractivity contribution in [1.29, 1.82) is 0 Å². The fourth-order valence-electron chi connectivity index (χ4n) is 5.58. The number of hydrogen-bond acceptors (Lipinski definition) is 4. The van der Waals surface area contributed by atoms with E-state index in [-0.39, 0.29) is 11.2 Å². The maximum absolute atomic E-state index is 6.24. The minimum atomic E-state index is -0.0995. The molecule has 1 spiro atoms. The molecule has 4 nitrogen and oxygen atoms in total. The molecule has 0 aromatic rings. The van der Waals surface area contributed by atoms with Crippen LogP contribution in [0.2, 0.25) is 0 Å². The van der Waals surface area contributed by atoms with Crippen LogP contribution in [0.15, 0.2) is 0 Å². The molecule has 0 aliphatic heterocycles. The van der Waals surface area contributed by atoms with Gasteiger partial charge in [0, 0.05) is 10.8 Å². The lowest BCUT2D eigenvalue weighted by Crippen LogP contribution is -2.43. The molecule has 4 aliphatic carbocycles. The van der Waals surface area contributed by atoms with Crippen LogP contribution in [0.1, 0.15) is 73.6 Å². The van der Waals surface area contributed by atoms with Gasteiger partial charge in [0.05, 0.1) is 43.2 Å². The summed E-state index contributed by atoms with van der Waals surface area (Å²) in [5.41, 5.74) is 1.13. The summed E-state index contributed by atoms with van der Waals surface area (Å²) in [5.74, 6) is 6.81. The Balaban J connectivity index is 1.10. The van der Waals surface area contributed by atoms with Crippen molar-refractivity contribution in [3.63, 3.8) is 0 Å². The fourth-order valence-corrected chi connectivity index (χ4v) is 5.58. The molecule has 4 aliphatic rings. The molecular formula is C24H38O4. The molecule has 158 valence electrons. The zero-order valence-electron chi connectivity index (χ0n) is 18.7. The van der Waals surface area contributed by atoms with Gasteiger partial charge in [-0.3, -0.25) is 0 Å². The van der Waals surface area contributed by atoms with Crippen LogP contribution >= 0.6 is 0 Å². The highest BCUT2D eigenvalue weighted by Gasteiger charge is 2.96. The predicted octanol–water partition coefficient (Wildman–Crippen LogP) is 4.35. The largest absolute Gasteiger partial charge is 0.377 e. The Morgan fingerprint density at radius 2 is 1.64 bits per heavy atom. The monoisotopic (exact) mass is 390 g/mol. The van der Waals surface area contributed by atoms with Gasteiger partial charge < -0.3 is 18.9 Å². The van der Waals surface area contributed by atoms with E-state index < -0.39 is 0 Å². The van der Waals surface area contributed by atoms with Gasteiger partial charge >= 0.3 is 0 Å². The molecular weight excluding hydrogens is 352 g/mol. The molecule has 4 fully saturated rings. The lowest BCUT2D eigenvalue weighted by Gasteiger charge is -2.40. The quantitative estimate of drug-likeness (QED) is 0.456. The molecule has 0 aromatic carbocycles. The Morgan fingerprint density at radius 3 is 2.29 bits per heavy atom. The highest BCUT2D eigenvalue weighted by molar-refractivity contribution is 5.51. The van der Waals surface area contributed by atoms with E-state index in [0.29, 0.717) is 48.3 Å². The van der Waals surface area contributed by atoms with Crippen molar-refractivity contribution in [2.45, 2.75) is 97.1 Å². The van der Waals surface area contributed by atoms with E-state index in [2.05, 4.69) is 53.4 Å². The standard InChI is InChI=1S/C24H38O4/c1-20(2,3)27-11-10-25-9-7-8-22-14-23(16-24(22,23)15-22)17-26-18-12-19(13-18)28-21(4,5)6/h18-19H,9-17H2,1-6H3. The summed E-state index contributed by atoms with van der Waals surface area (Å²) in [6.07, 6.45) is 6.74. The summed E-state index contributed by atoms with van der Waals surface area (Å²) in [5, 5.41) is 0. The first-order valence-electron chi connectivity index (χ1n) is 11.0. The summed E-state index contributed by atoms with van der Waals surface area (Å²) < 4.78 is 23.5. The highest BCUT2D eigenvalue weighted by Crippen LogP contribution is 3.00. The third kappa shape index (κ3) is 3.88. The van der Waals surface area contributed by atoms with Crippen LogP contribution in [0.4, 0.5) is 0 Å². The molecule has 3 atom stereocenters. The van der Waals surface area contributed by atoms with Crippen LogP contribution in [-0.2, 0) is 18.9 Å². The molecule has 4 saturated carbocycles. The van der Waals surface area contributed by atoms with Crippen LogP contribution in [-0.4, -0.2) is 49.8 Å². The summed E-state index contributed by atoms with van der Waals surface area (Å²) in [7, 11) is 0. The molecule has 0 heterocycles. The summed E-state index contributed by atoms with van der Waals surface area (Å²) in [6, 6.07) is 0. The summed E-state index contributed by atoms with van der Waals surface area (Å²) in [6.45, 7) is 15.3. The van der Waals surface area contributed by atoms with Crippen molar-refractivity contribution in [3.05, 3.63) is 0 Å². The third-order valence-corrected chi connectivity index (χ3v) is 7.00. The molecule has 3 unspecified atom stereocenters. The smallest absolute Gasteiger partial charge is 0.107 e. The van der Waals surface area contributed by atoms with E-state index in [0.717, 1.165) is 19.4 Å². The van der Waals surface area contributed by atoms with Crippen LogP contribution < -0.4 is 0 Å². The minimum Gasteiger partial charge on any atom is -0.377 e. The van der Waals surface area contributed by atoms with E-state index in [9.17, 15) is 0 Å². The van der Waals surface area contributed by atoms with Gasteiger partial charge in [-0.25, -0.2) is 0 Å². The first-order chi connectivity index (χ1) is 13.0. The predicted molar refractivity (Wildman–Crippen MR) is 109 cm³/mol. The van der Waals surface area contributed by atoms with Gasteiger partial charge in [-0.15, -0.1) is 0 Å². The second kappa shape index (κ2) is 6.71. The fraction of sp³-hybridized carbons (Fsp3) is 0.917. The summed E-state index contributed by atoms with van der Waals surface area (Å²) >= 11 is 0. The van der Waals surface area contributed by atoms with E-state index in [1.54, 1.807) is 0 Å². The van der Waals surface area contributed by atoms with Crippen LogP contribution in [0.25, 0.3) is 0 Å². The van der Waals surface area contributed by atoms with Gasteiger partial charge in [0.1, 0.15) is 6.61 Å². The Labute approximate surface area is 171 Å². The van der Waals surface area contributed by atoms with Gasteiger partial charge in [0.2, 0.25) is 0 Å². The van der Waals surface area contributed by atoms with E-state index in [4.69, 9.17) is 18.9 Å². The molecule has 0 bridgehead atoms. The average molecular weight is 391 g/mol. The SMILES string of the molecule is CC(C)(C)OCCOCC#CC12CC3(COC4CC(OC(C)(C)C)C4)CC13C2. The van der Waals surface area contributed by atoms with Crippen molar-refractivity contribution in [2.75, 3.05) is 26.4 Å². The third-order valence-electron chi connectivity index (χ3n) is 7.00. The number of ether oxygens (including phenoxy) is 4. The molecule has 4 rings (SSSR count). The first-order valence-corrected chi connectivity index (χ1v) is 11.0. The Bertz CT molecular complexity index is 657. The normalized spacial score (nSPS) is 40.4. The number of hydrogen-bond donors (Lipinski definition) is 0.